The molecule has 0 saturated heterocycles. The molecule has 0 aliphatic carbocycles. The van der Waals surface area contributed by atoms with Crippen LogP contribution in [0.25, 0.3) is 0 Å². The maximum Gasteiger partial charge on any atom is 0.243 e. The van der Waals surface area contributed by atoms with Crippen LogP contribution in [0.15, 0.2) is 21.5 Å². The number of aliphatic hydroxyl groups excluding tert-OH is 1. The molecule has 1 rings (SSSR count). The summed E-state index contributed by atoms with van der Waals surface area (Å²) in [6.07, 6.45) is 0. The van der Waals surface area contributed by atoms with E-state index in [1.54, 1.807) is 6.92 Å². The van der Waals surface area contributed by atoms with Crippen molar-refractivity contribution >= 4 is 26.0 Å². The van der Waals surface area contributed by atoms with Gasteiger partial charge >= 0.3 is 0 Å². The Morgan fingerprint density at radius 3 is 2.62 bits per heavy atom. The van der Waals surface area contributed by atoms with E-state index in [1.165, 1.54) is 6.07 Å². The average molecular weight is 312 g/mol. The molecule has 7 heteroatoms. The second kappa shape index (κ2) is 5.22. The molecule has 4 nitrogen and oxygen atoms in total. The van der Waals surface area contributed by atoms with E-state index in [4.69, 9.17) is 5.11 Å². The molecule has 0 aliphatic heterocycles. The predicted octanol–water partition coefficient (Wildman–Crippen LogP) is 1.38. The Labute approximate surface area is 102 Å². The number of rotatable bonds is 4. The standard InChI is InChI=1S/C9H11BrFNO3S/c1-2-12-16(14,15)8-4-7(10)3-6(5-13)9(8)11/h3-4,12-13H,2,5H2,1H3. The van der Waals surface area contributed by atoms with Gasteiger partial charge in [-0.15, -0.1) is 0 Å². The minimum absolute atomic E-state index is 0.0640. The second-order valence-electron chi connectivity index (χ2n) is 3.04. The molecule has 0 bridgehead atoms. The van der Waals surface area contributed by atoms with Crippen molar-refractivity contribution in [1.29, 1.82) is 0 Å². The SMILES string of the molecule is CCNS(=O)(=O)c1cc(Br)cc(CO)c1F. The van der Waals surface area contributed by atoms with Gasteiger partial charge in [0.25, 0.3) is 0 Å². The fraction of sp³-hybridized carbons (Fsp3) is 0.333. The fourth-order valence-electron chi connectivity index (χ4n) is 1.20. The minimum Gasteiger partial charge on any atom is -0.392 e. The molecule has 90 valence electrons. The summed E-state index contributed by atoms with van der Waals surface area (Å²) in [6.45, 7) is 1.21. The Morgan fingerprint density at radius 2 is 2.12 bits per heavy atom. The number of hydrogen-bond acceptors (Lipinski definition) is 3. The summed E-state index contributed by atoms with van der Waals surface area (Å²) in [5, 5.41) is 8.89. The van der Waals surface area contributed by atoms with Crippen molar-refractivity contribution < 1.29 is 17.9 Å². The number of sulfonamides is 1. The van der Waals surface area contributed by atoms with Crippen LogP contribution in [-0.2, 0) is 16.6 Å². The molecule has 0 unspecified atom stereocenters. The van der Waals surface area contributed by atoms with E-state index >= 15 is 0 Å². The highest BCUT2D eigenvalue weighted by Gasteiger charge is 2.21. The molecule has 1 aromatic carbocycles. The van der Waals surface area contributed by atoms with Gasteiger partial charge in [0.15, 0.2) is 0 Å². The lowest BCUT2D eigenvalue weighted by molar-refractivity contribution is 0.274. The summed E-state index contributed by atoms with van der Waals surface area (Å²) in [7, 11) is -3.86. The van der Waals surface area contributed by atoms with Gasteiger partial charge in [0.2, 0.25) is 10.0 Å². The molecule has 0 atom stereocenters. The third-order valence-electron chi connectivity index (χ3n) is 1.87. The summed E-state index contributed by atoms with van der Waals surface area (Å²) in [5.74, 6) is -0.924. The molecule has 0 aliphatic rings. The Morgan fingerprint density at radius 1 is 1.50 bits per heavy atom. The summed E-state index contributed by atoms with van der Waals surface area (Å²) >= 11 is 3.06. The summed E-state index contributed by atoms with van der Waals surface area (Å²) in [6, 6.07) is 2.49. The minimum atomic E-state index is -3.86. The average Bonchev–Trinajstić information content (AvgIpc) is 2.20. The van der Waals surface area contributed by atoms with Crippen LogP contribution in [0, 0.1) is 5.82 Å². The Balaban J connectivity index is 3.39. The van der Waals surface area contributed by atoms with Crippen LogP contribution in [0.4, 0.5) is 4.39 Å². The van der Waals surface area contributed by atoms with Crippen molar-refractivity contribution in [3.63, 3.8) is 0 Å². The van der Waals surface area contributed by atoms with E-state index < -0.39 is 27.3 Å². The third kappa shape index (κ3) is 2.79. The van der Waals surface area contributed by atoms with Gasteiger partial charge in [-0.3, -0.25) is 0 Å². The largest absolute Gasteiger partial charge is 0.392 e. The van der Waals surface area contributed by atoms with Crippen molar-refractivity contribution in [3.05, 3.63) is 28.0 Å². The number of benzene rings is 1. The molecule has 0 aromatic heterocycles. The van der Waals surface area contributed by atoms with Crippen molar-refractivity contribution in [1.82, 2.24) is 4.72 Å². The van der Waals surface area contributed by atoms with Crippen LogP contribution in [0.2, 0.25) is 0 Å². The van der Waals surface area contributed by atoms with Crippen molar-refractivity contribution in [3.8, 4) is 0 Å². The summed E-state index contributed by atoms with van der Waals surface area (Å²) in [5.41, 5.74) is -0.0640. The van der Waals surface area contributed by atoms with Crippen LogP contribution in [0.1, 0.15) is 12.5 Å². The Kier molecular flexibility index (Phi) is 4.43. The first-order chi connectivity index (χ1) is 7.42. The molecule has 0 radical (unpaired) electrons. The lowest BCUT2D eigenvalue weighted by Crippen LogP contribution is -2.24. The second-order valence-corrected chi connectivity index (χ2v) is 5.69. The van der Waals surface area contributed by atoms with Crippen LogP contribution < -0.4 is 4.72 Å². The first-order valence-corrected chi connectivity index (χ1v) is 6.78. The summed E-state index contributed by atoms with van der Waals surface area (Å²) in [4.78, 5) is -0.465. The normalized spacial score (nSPS) is 11.8. The van der Waals surface area contributed by atoms with E-state index in [-0.39, 0.29) is 12.1 Å². The van der Waals surface area contributed by atoms with Crippen molar-refractivity contribution in [2.24, 2.45) is 0 Å². The van der Waals surface area contributed by atoms with Gasteiger partial charge in [0.05, 0.1) is 6.61 Å². The molecule has 0 saturated carbocycles. The zero-order valence-corrected chi connectivity index (χ0v) is 10.9. The van der Waals surface area contributed by atoms with Crippen LogP contribution >= 0.6 is 15.9 Å². The van der Waals surface area contributed by atoms with E-state index in [0.717, 1.165) is 6.07 Å². The Hall–Kier alpha value is -0.500. The maximum absolute atomic E-state index is 13.7. The van der Waals surface area contributed by atoms with Crippen molar-refractivity contribution in [2.75, 3.05) is 6.54 Å². The lowest BCUT2D eigenvalue weighted by atomic mass is 10.2. The molecule has 0 fully saturated rings. The van der Waals surface area contributed by atoms with Gasteiger partial charge in [-0.25, -0.2) is 17.5 Å². The first kappa shape index (κ1) is 13.6. The smallest absolute Gasteiger partial charge is 0.243 e. The van der Waals surface area contributed by atoms with Crippen LogP contribution in [0.5, 0.6) is 0 Å². The van der Waals surface area contributed by atoms with Gasteiger partial charge in [-0.1, -0.05) is 22.9 Å². The summed E-state index contributed by atoms with van der Waals surface area (Å²) < 4.78 is 39.5. The highest BCUT2D eigenvalue weighted by atomic mass is 79.9. The predicted molar refractivity (Wildman–Crippen MR) is 60.9 cm³/mol. The van der Waals surface area contributed by atoms with Gasteiger partial charge in [-0.2, -0.15) is 0 Å². The van der Waals surface area contributed by atoms with E-state index in [9.17, 15) is 12.8 Å². The molecule has 2 N–H and O–H groups in total. The number of aliphatic hydroxyl groups is 1. The molecule has 1 aromatic rings. The fourth-order valence-corrected chi connectivity index (χ4v) is 3.04. The van der Waals surface area contributed by atoms with E-state index in [1.807, 2.05) is 0 Å². The molecule has 0 amide bonds. The third-order valence-corrected chi connectivity index (χ3v) is 3.88. The molecular weight excluding hydrogens is 301 g/mol. The number of halogens is 2. The monoisotopic (exact) mass is 311 g/mol. The highest BCUT2D eigenvalue weighted by Crippen LogP contribution is 2.23. The zero-order valence-electron chi connectivity index (χ0n) is 8.50. The molecule has 0 spiro atoms. The van der Waals surface area contributed by atoms with Gasteiger partial charge in [-0.05, 0) is 12.1 Å². The first-order valence-electron chi connectivity index (χ1n) is 4.50. The van der Waals surface area contributed by atoms with E-state index in [2.05, 4.69) is 20.7 Å². The van der Waals surface area contributed by atoms with E-state index in [0.29, 0.717) is 4.47 Å². The Bertz CT molecular complexity index is 490. The van der Waals surface area contributed by atoms with Gasteiger partial charge in [0.1, 0.15) is 10.7 Å². The number of hydrogen-bond donors (Lipinski definition) is 2. The molecule has 0 heterocycles. The molecular formula is C9H11BrFNO3S. The van der Waals surface area contributed by atoms with Crippen LogP contribution in [-0.4, -0.2) is 20.1 Å². The molecule has 16 heavy (non-hydrogen) atoms. The van der Waals surface area contributed by atoms with Gasteiger partial charge < -0.3 is 5.11 Å². The number of nitrogens with one attached hydrogen (secondary N) is 1. The van der Waals surface area contributed by atoms with Crippen LogP contribution in [0.3, 0.4) is 0 Å². The lowest BCUT2D eigenvalue weighted by Gasteiger charge is -2.09. The quantitative estimate of drug-likeness (QED) is 0.883. The highest BCUT2D eigenvalue weighted by molar-refractivity contribution is 9.10. The topological polar surface area (TPSA) is 66.4 Å². The maximum atomic E-state index is 13.7. The zero-order chi connectivity index (χ0) is 12.3. The van der Waals surface area contributed by atoms with Crippen molar-refractivity contribution in [2.45, 2.75) is 18.4 Å². The van der Waals surface area contributed by atoms with Gasteiger partial charge in [0, 0.05) is 16.6 Å².